The topological polar surface area (TPSA) is 63.8 Å². The van der Waals surface area contributed by atoms with Crippen LogP contribution in [0.4, 0.5) is 0 Å². The Labute approximate surface area is 209 Å². The van der Waals surface area contributed by atoms with Gasteiger partial charge >= 0.3 is 0 Å². The molecule has 36 heavy (non-hydrogen) atoms. The Kier molecular flexibility index (Phi) is 5.30. The number of imidazole rings is 1. The van der Waals surface area contributed by atoms with Crippen LogP contribution in [0.25, 0.3) is 55.9 Å². The molecule has 0 aliphatic heterocycles. The van der Waals surface area contributed by atoms with Crippen molar-refractivity contribution >= 4 is 11.0 Å². The molecule has 0 aliphatic carbocycles. The standard InChI is InChI=1S/C31H24N4O/c1-20-18-33-27(17-26(20)21-8-4-3-5-9-21)23-11-6-10-22(16-23)24-12-7-13-28-30(24)34-31(35(28)2)25-14-15-32-19-29(25)36/h3-19,36H,1-2H3. The molecule has 6 aromatic rings. The van der Waals surface area contributed by atoms with Crippen molar-refractivity contribution < 1.29 is 5.11 Å². The Morgan fingerprint density at radius 3 is 2.33 bits per heavy atom. The first kappa shape index (κ1) is 21.7. The zero-order valence-corrected chi connectivity index (χ0v) is 20.1. The summed E-state index contributed by atoms with van der Waals surface area (Å²) in [5.74, 6) is 0.806. The molecule has 3 aromatic heterocycles. The molecule has 0 bridgehead atoms. The van der Waals surface area contributed by atoms with E-state index in [9.17, 15) is 5.11 Å². The molecule has 3 heterocycles. The predicted molar refractivity (Wildman–Crippen MR) is 144 cm³/mol. The Morgan fingerprint density at radius 2 is 1.50 bits per heavy atom. The second kappa shape index (κ2) is 8.78. The van der Waals surface area contributed by atoms with Gasteiger partial charge in [0.15, 0.2) is 0 Å². The van der Waals surface area contributed by atoms with Gasteiger partial charge in [0.2, 0.25) is 0 Å². The number of hydrogen-bond donors (Lipinski definition) is 1. The van der Waals surface area contributed by atoms with Crippen LogP contribution in [0, 0.1) is 6.92 Å². The summed E-state index contributed by atoms with van der Waals surface area (Å²) in [6, 6.07) is 28.9. The number of fused-ring (bicyclic) bond motifs is 1. The van der Waals surface area contributed by atoms with E-state index < -0.39 is 0 Å². The third kappa shape index (κ3) is 3.71. The Morgan fingerprint density at radius 1 is 0.722 bits per heavy atom. The van der Waals surface area contributed by atoms with Crippen LogP contribution in [0.3, 0.4) is 0 Å². The van der Waals surface area contributed by atoms with Gasteiger partial charge in [0, 0.05) is 30.6 Å². The summed E-state index contributed by atoms with van der Waals surface area (Å²) in [4.78, 5) is 13.7. The minimum absolute atomic E-state index is 0.110. The van der Waals surface area contributed by atoms with E-state index in [4.69, 9.17) is 9.97 Å². The van der Waals surface area contributed by atoms with Gasteiger partial charge < -0.3 is 9.67 Å². The van der Waals surface area contributed by atoms with Crippen molar-refractivity contribution in [3.05, 3.63) is 109 Å². The maximum absolute atomic E-state index is 10.4. The van der Waals surface area contributed by atoms with E-state index in [-0.39, 0.29) is 5.75 Å². The first-order valence-corrected chi connectivity index (χ1v) is 11.8. The Balaban J connectivity index is 1.47. The van der Waals surface area contributed by atoms with Gasteiger partial charge in [-0.25, -0.2) is 4.98 Å². The average molecular weight is 469 g/mol. The minimum atomic E-state index is 0.110. The summed E-state index contributed by atoms with van der Waals surface area (Å²) in [5, 5.41) is 10.4. The van der Waals surface area contributed by atoms with Crippen molar-refractivity contribution in [2.75, 3.05) is 0 Å². The Hall–Kier alpha value is -4.77. The maximum Gasteiger partial charge on any atom is 0.144 e. The summed E-state index contributed by atoms with van der Waals surface area (Å²) in [7, 11) is 1.96. The largest absolute Gasteiger partial charge is 0.506 e. The summed E-state index contributed by atoms with van der Waals surface area (Å²) >= 11 is 0. The lowest BCUT2D eigenvalue weighted by molar-refractivity contribution is 0.474. The molecule has 0 fully saturated rings. The van der Waals surface area contributed by atoms with E-state index in [1.54, 1.807) is 12.3 Å². The third-order valence-corrected chi connectivity index (χ3v) is 6.61. The lowest BCUT2D eigenvalue weighted by Crippen LogP contribution is -1.93. The number of aromatic hydroxyl groups is 1. The van der Waals surface area contributed by atoms with Crippen LogP contribution in [0.5, 0.6) is 5.75 Å². The van der Waals surface area contributed by atoms with E-state index in [1.165, 1.54) is 17.3 Å². The summed E-state index contributed by atoms with van der Waals surface area (Å²) in [6.45, 7) is 2.09. The van der Waals surface area contributed by atoms with Crippen LogP contribution in [0.2, 0.25) is 0 Å². The van der Waals surface area contributed by atoms with Crippen molar-refractivity contribution in [2.24, 2.45) is 7.05 Å². The van der Waals surface area contributed by atoms with Gasteiger partial charge in [-0.3, -0.25) is 9.97 Å². The lowest BCUT2D eigenvalue weighted by atomic mass is 9.97. The molecule has 0 saturated heterocycles. The van der Waals surface area contributed by atoms with Crippen LogP contribution < -0.4 is 0 Å². The quantitative estimate of drug-likeness (QED) is 0.301. The molecule has 0 saturated carbocycles. The molecule has 0 aliphatic rings. The molecule has 0 radical (unpaired) electrons. The number of nitrogens with zero attached hydrogens (tertiary/aromatic N) is 4. The van der Waals surface area contributed by atoms with Crippen molar-refractivity contribution in [1.29, 1.82) is 0 Å². The number of pyridine rings is 2. The second-order valence-electron chi connectivity index (χ2n) is 8.89. The van der Waals surface area contributed by atoms with Crippen molar-refractivity contribution in [3.63, 3.8) is 0 Å². The van der Waals surface area contributed by atoms with Gasteiger partial charge in [0.1, 0.15) is 11.6 Å². The number of aryl methyl sites for hydroxylation is 2. The Bertz CT molecular complexity index is 1720. The van der Waals surface area contributed by atoms with Gasteiger partial charge in [-0.1, -0.05) is 60.7 Å². The third-order valence-electron chi connectivity index (χ3n) is 6.61. The normalized spacial score (nSPS) is 11.2. The first-order chi connectivity index (χ1) is 17.6. The van der Waals surface area contributed by atoms with Crippen molar-refractivity contribution in [2.45, 2.75) is 6.92 Å². The zero-order chi connectivity index (χ0) is 24.6. The molecule has 1 N–H and O–H groups in total. The van der Waals surface area contributed by atoms with Crippen LogP contribution in [-0.2, 0) is 7.05 Å². The highest BCUT2D eigenvalue weighted by atomic mass is 16.3. The molecule has 0 atom stereocenters. The SMILES string of the molecule is Cc1cnc(-c2cccc(-c3cccc4c3nc(-c3ccncc3O)n4C)c2)cc1-c1ccccc1. The van der Waals surface area contributed by atoms with E-state index >= 15 is 0 Å². The number of aromatic nitrogens is 4. The van der Waals surface area contributed by atoms with Crippen molar-refractivity contribution in [1.82, 2.24) is 19.5 Å². The fraction of sp³-hybridized carbons (Fsp3) is 0.0645. The molecule has 6 rings (SSSR count). The highest BCUT2D eigenvalue weighted by Crippen LogP contribution is 2.35. The van der Waals surface area contributed by atoms with E-state index in [0.717, 1.165) is 39.0 Å². The first-order valence-electron chi connectivity index (χ1n) is 11.8. The highest BCUT2D eigenvalue weighted by molar-refractivity contribution is 5.95. The molecule has 0 unspecified atom stereocenters. The van der Waals surface area contributed by atoms with Crippen LogP contribution in [0.15, 0.2) is 104 Å². The zero-order valence-electron chi connectivity index (χ0n) is 20.1. The van der Waals surface area contributed by atoms with Crippen LogP contribution >= 0.6 is 0 Å². The summed E-state index contributed by atoms with van der Waals surface area (Å²) in [6.07, 6.45) is 5.05. The second-order valence-corrected chi connectivity index (χ2v) is 8.89. The molecule has 5 nitrogen and oxygen atoms in total. The van der Waals surface area contributed by atoms with Crippen LogP contribution in [-0.4, -0.2) is 24.6 Å². The van der Waals surface area contributed by atoms with Gasteiger partial charge in [-0.05, 0) is 53.4 Å². The molecule has 5 heteroatoms. The van der Waals surface area contributed by atoms with Gasteiger partial charge in [-0.15, -0.1) is 0 Å². The fourth-order valence-corrected chi connectivity index (χ4v) is 4.72. The average Bonchev–Trinajstić information content (AvgIpc) is 3.26. The number of benzene rings is 3. The summed E-state index contributed by atoms with van der Waals surface area (Å²) < 4.78 is 2.01. The maximum atomic E-state index is 10.4. The molecule has 0 amide bonds. The van der Waals surface area contributed by atoms with E-state index in [0.29, 0.717) is 11.4 Å². The van der Waals surface area contributed by atoms with Crippen molar-refractivity contribution in [3.8, 4) is 50.6 Å². The molecular weight excluding hydrogens is 444 g/mol. The minimum Gasteiger partial charge on any atom is -0.506 e. The van der Waals surface area contributed by atoms with Gasteiger partial charge in [0.05, 0.1) is 28.5 Å². The van der Waals surface area contributed by atoms with Gasteiger partial charge in [-0.2, -0.15) is 0 Å². The molecule has 174 valence electrons. The highest BCUT2D eigenvalue weighted by Gasteiger charge is 2.16. The lowest BCUT2D eigenvalue weighted by Gasteiger charge is -2.10. The molecule has 3 aromatic carbocycles. The number of para-hydroxylation sites is 1. The monoisotopic (exact) mass is 468 g/mol. The number of rotatable bonds is 4. The fourth-order valence-electron chi connectivity index (χ4n) is 4.72. The summed E-state index contributed by atoms with van der Waals surface area (Å²) in [5.41, 5.74) is 10.1. The van der Waals surface area contributed by atoms with E-state index in [1.807, 2.05) is 36.0 Å². The van der Waals surface area contributed by atoms with E-state index in [2.05, 4.69) is 72.6 Å². The van der Waals surface area contributed by atoms with Crippen LogP contribution in [0.1, 0.15) is 5.56 Å². The molecule has 0 spiro atoms. The smallest absolute Gasteiger partial charge is 0.144 e. The van der Waals surface area contributed by atoms with Gasteiger partial charge in [0.25, 0.3) is 0 Å². The predicted octanol–water partition coefficient (Wildman–Crippen LogP) is 7.05. The number of hydrogen-bond acceptors (Lipinski definition) is 4. The molecular formula is C31H24N4O.